The predicted octanol–water partition coefficient (Wildman–Crippen LogP) is 4.54. The minimum atomic E-state index is -0.0413. The van der Waals surface area contributed by atoms with Gasteiger partial charge in [0.15, 0.2) is 0 Å². The summed E-state index contributed by atoms with van der Waals surface area (Å²) in [6.45, 7) is 1.54. The normalized spacial score (nSPS) is 10.7. The molecular weight excluding hydrogens is 296 g/mol. The van der Waals surface area contributed by atoms with Gasteiger partial charge in [0.1, 0.15) is 0 Å². The summed E-state index contributed by atoms with van der Waals surface area (Å²) in [4.78, 5) is 17.9. The van der Waals surface area contributed by atoms with E-state index in [-0.39, 0.29) is 5.91 Å². The zero-order valence-corrected chi connectivity index (χ0v) is 13.1. The van der Waals surface area contributed by atoms with Crippen molar-refractivity contribution >= 4 is 34.1 Å². The third kappa shape index (κ3) is 2.55. The van der Waals surface area contributed by atoms with Gasteiger partial charge in [-0.15, -0.1) is 0 Å². The van der Waals surface area contributed by atoms with Crippen molar-refractivity contribution in [1.29, 1.82) is 0 Å². The number of benzene rings is 2. The molecule has 3 nitrogen and oxygen atoms in total. The van der Waals surface area contributed by atoms with E-state index in [1.165, 1.54) is 6.92 Å². The third-order valence-corrected chi connectivity index (χ3v) is 3.94. The number of nitrogens with zero attached hydrogens (tertiary/aromatic N) is 2. The van der Waals surface area contributed by atoms with Gasteiger partial charge in [0, 0.05) is 29.9 Å². The van der Waals surface area contributed by atoms with Gasteiger partial charge in [-0.2, -0.15) is 0 Å². The molecule has 110 valence electrons. The Hall–Kier alpha value is -2.39. The van der Waals surface area contributed by atoms with Crippen LogP contribution in [-0.2, 0) is 4.79 Å². The molecule has 0 saturated carbocycles. The molecule has 0 aliphatic rings. The molecule has 0 spiro atoms. The molecule has 0 saturated heterocycles. The second-order valence-corrected chi connectivity index (χ2v) is 5.56. The highest BCUT2D eigenvalue weighted by atomic mass is 35.5. The van der Waals surface area contributed by atoms with Crippen molar-refractivity contribution < 1.29 is 4.79 Å². The SMILES string of the molecule is CC(=O)N(C)c1cnc2ccc(Cl)cc2c1-c1ccccc1. The first-order valence-corrected chi connectivity index (χ1v) is 7.33. The van der Waals surface area contributed by atoms with Crippen molar-refractivity contribution in [2.75, 3.05) is 11.9 Å². The molecule has 0 radical (unpaired) electrons. The highest BCUT2D eigenvalue weighted by Crippen LogP contribution is 2.37. The lowest BCUT2D eigenvalue weighted by molar-refractivity contribution is -0.116. The van der Waals surface area contributed by atoms with Gasteiger partial charge >= 0.3 is 0 Å². The Morgan fingerprint density at radius 3 is 2.55 bits per heavy atom. The minimum Gasteiger partial charge on any atom is -0.314 e. The van der Waals surface area contributed by atoms with E-state index in [9.17, 15) is 4.79 Å². The lowest BCUT2D eigenvalue weighted by Crippen LogP contribution is -2.23. The number of carbonyl (C=O) groups excluding carboxylic acids is 1. The smallest absolute Gasteiger partial charge is 0.223 e. The summed E-state index contributed by atoms with van der Waals surface area (Å²) in [5.41, 5.74) is 3.61. The Morgan fingerprint density at radius 1 is 1.14 bits per heavy atom. The molecule has 22 heavy (non-hydrogen) atoms. The van der Waals surface area contributed by atoms with Gasteiger partial charge in [-0.25, -0.2) is 0 Å². The van der Waals surface area contributed by atoms with E-state index >= 15 is 0 Å². The quantitative estimate of drug-likeness (QED) is 0.696. The Morgan fingerprint density at radius 2 is 1.86 bits per heavy atom. The van der Waals surface area contributed by atoms with Crippen LogP contribution in [0.1, 0.15) is 6.92 Å². The maximum atomic E-state index is 11.8. The number of hydrogen-bond donors (Lipinski definition) is 0. The van der Waals surface area contributed by atoms with Crippen LogP contribution in [0.2, 0.25) is 5.02 Å². The standard InChI is InChI=1S/C18H15ClN2O/c1-12(22)21(2)17-11-20-16-9-8-14(19)10-15(16)18(17)13-6-4-3-5-7-13/h3-11H,1-2H3. The third-order valence-electron chi connectivity index (χ3n) is 3.71. The molecule has 0 unspecified atom stereocenters. The van der Waals surface area contributed by atoms with E-state index in [0.29, 0.717) is 5.02 Å². The number of halogens is 1. The number of fused-ring (bicyclic) bond motifs is 1. The molecule has 0 fully saturated rings. The molecule has 4 heteroatoms. The van der Waals surface area contributed by atoms with Crippen LogP contribution >= 0.6 is 11.6 Å². The topological polar surface area (TPSA) is 33.2 Å². The Labute approximate surface area is 134 Å². The van der Waals surface area contributed by atoms with E-state index in [0.717, 1.165) is 27.7 Å². The number of anilines is 1. The summed E-state index contributed by atoms with van der Waals surface area (Å²) in [7, 11) is 1.75. The first kappa shape index (κ1) is 14.5. The summed E-state index contributed by atoms with van der Waals surface area (Å²) in [5, 5.41) is 1.58. The molecule has 0 aliphatic heterocycles. The maximum Gasteiger partial charge on any atom is 0.223 e. The molecule has 1 aromatic heterocycles. The van der Waals surface area contributed by atoms with Crippen LogP contribution in [0, 0.1) is 0 Å². The van der Waals surface area contributed by atoms with E-state index in [4.69, 9.17) is 11.6 Å². The zero-order chi connectivity index (χ0) is 15.7. The van der Waals surface area contributed by atoms with Crippen molar-refractivity contribution in [3.8, 4) is 11.1 Å². The lowest BCUT2D eigenvalue weighted by atomic mass is 9.99. The van der Waals surface area contributed by atoms with Gasteiger partial charge in [-0.1, -0.05) is 41.9 Å². The molecule has 3 aromatic rings. The molecule has 0 bridgehead atoms. The Balaban J connectivity index is 2.39. The summed E-state index contributed by atoms with van der Waals surface area (Å²) in [6, 6.07) is 15.6. The number of rotatable bonds is 2. The Bertz CT molecular complexity index is 846. The van der Waals surface area contributed by atoms with Gasteiger partial charge in [-0.3, -0.25) is 9.78 Å². The van der Waals surface area contributed by atoms with Crippen LogP contribution in [0.25, 0.3) is 22.0 Å². The second-order valence-electron chi connectivity index (χ2n) is 5.12. The molecule has 0 N–H and O–H groups in total. The fraction of sp³-hybridized carbons (Fsp3) is 0.111. The van der Waals surface area contributed by atoms with Gasteiger partial charge in [0.05, 0.1) is 17.4 Å². The average molecular weight is 311 g/mol. The Kier molecular flexibility index (Phi) is 3.82. The first-order chi connectivity index (χ1) is 10.6. The number of amides is 1. The molecule has 1 heterocycles. The molecule has 0 aliphatic carbocycles. The van der Waals surface area contributed by atoms with Gasteiger partial charge in [0.2, 0.25) is 5.91 Å². The second kappa shape index (κ2) is 5.78. The maximum absolute atomic E-state index is 11.8. The largest absolute Gasteiger partial charge is 0.314 e. The molecule has 0 atom stereocenters. The van der Waals surface area contributed by atoms with E-state index in [1.807, 2.05) is 48.5 Å². The van der Waals surface area contributed by atoms with Crippen molar-refractivity contribution in [3.63, 3.8) is 0 Å². The summed E-state index contributed by atoms with van der Waals surface area (Å²) in [6.07, 6.45) is 1.74. The molecular formula is C18H15ClN2O. The minimum absolute atomic E-state index is 0.0413. The predicted molar refractivity (Wildman–Crippen MR) is 91.3 cm³/mol. The number of pyridine rings is 1. The highest BCUT2D eigenvalue weighted by Gasteiger charge is 2.16. The number of carbonyl (C=O) groups is 1. The monoisotopic (exact) mass is 310 g/mol. The van der Waals surface area contributed by atoms with E-state index in [2.05, 4.69) is 4.98 Å². The van der Waals surface area contributed by atoms with Crippen molar-refractivity contribution in [3.05, 3.63) is 59.8 Å². The molecule has 3 rings (SSSR count). The molecule has 1 amide bonds. The van der Waals surface area contributed by atoms with Crippen molar-refractivity contribution in [2.45, 2.75) is 6.92 Å². The first-order valence-electron chi connectivity index (χ1n) is 6.96. The number of aromatic nitrogens is 1. The van der Waals surface area contributed by atoms with E-state index < -0.39 is 0 Å². The van der Waals surface area contributed by atoms with Gasteiger partial charge in [0.25, 0.3) is 0 Å². The number of hydrogen-bond acceptors (Lipinski definition) is 2. The van der Waals surface area contributed by atoms with Crippen LogP contribution in [0.4, 0.5) is 5.69 Å². The lowest BCUT2D eigenvalue weighted by Gasteiger charge is -2.20. The van der Waals surface area contributed by atoms with Crippen molar-refractivity contribution in [1.82, 2.24) is 4.98 Å². The summed E-state index contributed by atoms with van der Waals surface area (Å²) >= 11 is 6.16. The van der Waals surface area contributed by atoms with Crippen LogP contribution in [0.15, 0.2) is 54.7 Å². The van der Waals surface area contributed by atoms with Gasteiger partial charge < -0.3 is 4.90 Å². The van der Waals surface area contributed by atoms with Crippen LogP contribution in [-0.4, -0.2) is 17.9 Å². The van der Waals surface area contributed by atoms with Crippen molar-refractivity contribution in [2.24, 2.45) is 0 Å². The van der Waals surface area contributed by atoms with Crippen LogP contribution in [0.5, 0.6) is 0 Å². The van der Waals surface area contributed by atoms with E-state index in [1.54, 1.807) is 18.1 Å². The summed E-state index contributed by atoms with van der Waals surface area (Å²) in [5.74, 6) is -0.0413. The van der Waals surface area contributed by atoms with Crippen LogP contribution < -0.4 is 4.90 Å². The van der Waals surface area contributed by atoms with Gasteiger partial charge in [-0.05, 0) is 23.8 Å². The molecule has 2 aromatic carbocycles. The zero-order valence-electron chi connectivity index (χ0n) is 12.4. The average Bonchev–Trinajstić information content (AvgIpc) is 2.53. The highest BCUT2D eigenvalue weighted by molar-refractivity contribution is 6.31. The fourth-order valence-electron chi connectivity index (χ4n) is 2.49. The fourth-order valence-corrected chi connectivity index (χ4v) is 2.66. The summed E-state index contributed by atoms with van der Waals surface area (Å²) < 4.78 is 0. The van der Waals surface area contributed by atoms with Crippen LogP contribution in [0.3, 0.4) is 0 Å².